The lowest BCUT2D eigenvalue weighted by Gasteiger charge is -2.26. The van der Waals surface area contributed by atoms with Gasteiger partial charge in [0.05, 0.1) is 0 Å². The average molecular weight is 427 g/mol. The number of nitrogens with zero attached hydrogens (tertiary/aromatic N) is 1. The van der Waals surface area contributed by atoms with Crippen LogP contribution in [0, 0.1) is 5.92 Å². The van der Waals surface area contributed by atoms with Gasteiger partial charge in [-0.3, -0.25) is 4.79 Å². The van der Waals surface area contributed by atoms with Crippen molar-refractivity contribution in [1.29, 1.82) is 0 Å². The summed E-state index contributed by atoms with van der Waals surface area (Å²) in [5, 5.41) is 1.17. The monoisotopic (exact) mass is 425 g/mol. The zero-order valence-corrected chi connectivity index (χ0v) is 17.6. The summed E-state index contributed by atoms with van der Waals surface area (Å²) in [7, 11) is 0. The van der Waals surface area contributed by atoms with Crippen molar-refractivity contribution < 1.29 is 9.53 Å². The summed E-state index contributed by atoms with van der Waals surface area (Å²) in [4.78, 5) is 15.1. The number of carbonyl (C=O) groups excluding carboxylic acids is 1. The number of benzene rings is 2. The first-order valence-corrected chi connectivity index (χ1v) is 10.3. The zero-order chi connectivity index (χ0) is 19.6. The van der Waals surface area contributed by atoms with E-state index < -0.39 is 12.2 Å². The van der Waals surface area contributed by atoms with Crippen molar-refractivity contribution in [2.75, 3.05) is 17.3 Å². The Morgan fingerprint density at radius 3 is 2.52 bits per heavy atom. The van der Waals surface area contributed by atoms with Gasteiger partial charge in [-0.15, -0.1) is 11.6 Å². The van der Waals surface area contributed by atoms with Crippen molar-refractivity contribution in [2.45, 2.75) is 32.5 Å². The van der Waals surface area contributed by atoms with E-state index in [1.807, 2.05) is 36.4 Å². The zero-order valence-electron chi connectivity index (χ0n) is 15.3. The van der Waals surface area contributed by atoms with E-state index in [1.54, 1.807) is 11.0 Å². The molecule has 1 aliphatic heterocycles. The van der Waals surface area contributed by atoms with E-state index in [0.29, 0.717) is 34.8 Å². The predicted octanol–water partition coefficient (Wildman–Crippen LogP) is 6.10. The van der Waals surface area contributed by atoms with Gasteiger partial charge in [0.25, 0.3) is 5.91 Å². The van der Waals surface area contributed by atoms with Gasteiger partial charge in [-0.1, -0.05) is 55.2 Å². The van der Waals surface area contributed by atoms with Gasteiger partial charge < -0.3 is 9.64 Å². The molecule has 3 rings (SSSR count). The molecule has 1 amide bonds. The molecular weight excluding hydrogens is 405 g/mol. The summed E-state index contributed by atoms with van der Waals surface area (Å²) in [6, 6.07) is 13.0. The van der Waals surface area contributed by atoms with E-state index >= 15 is 0 Å². The molecular formula is C21H22Cl3NO2. The minimum Gasteiger partial charge on any atom is -0.356 e. The molecule has 2 aromatic carbocycles. The highest BCUT2D eigenvalue weighted by atomic mass is 35.5. The second kappa shape index (κ2) is 8.83. The van der Waals surface area contributed by atoms with Gasteiger partial charge in [0, 0.05) is 39.3 Å². The molecule has 6 heteroatoms. The van der Waals surface area contributed by atoms with Gasteiger partial charge in [-0.05, 0) is 36.6 Å². The van der Waals surface area contributed by atoms with Gasteiger partial charge >= 0.3 is 0 Å². The van der Waals surface area contributed by atoms with Gasteiger partial charge in [0.2, 0.25) is 0 Å². The fourth-order valence-electron chi connectivity index (χ4n) is 3.34. The lowest BCUT2D eigenvalue weighted by molar-refractivity contribution is -0.132. The number of ether oxygens (including phenoxy) is 1. The van der Waals surface area contributed by atoms with Crippen molar-refractivity contribution in [3.63, 3.8) is 0 Å². The number of rotatable bonds is 5. The first kappa shape index (κ1) is 20.5. The molecule has 2 atom stereocenters. The maximum absolute atomic E-state index is 13.3. The molecule has 1 aliphatic rings. The summed E-state index contributed by atoms with van der Waals surface area (Å²) in [5.41, 5.74) is 2.45. The summed E-state index contributed by atoms with van der Waals surface area (Å²) in [6.45, 7) is 4.75. The van der Waals surface area contributed by atoms with Gasteiger partial charge in [-0.25, -0.2) is 0 Å². The Bertz CT molecular complexity index is 825. The molecule has 0 radical (unpaired) electrons. The van der Waals surface area contributed by atoms with Crippen LogP contribution in [-0.2, 0) is 9.53 Å². The number of amides is 1. The predicted molar refractivity (Wildman–Crippen MR) is 112 cm³/mol. The second-order valence-electron chi connectivity index (χ2n) is 7.05. The van der Waals surface area contributed by atoms with E-state index in [2.05, 4.69) is 13.8 Å². The summed E-state index contributed by atoms with van der Waals surface area (Å²) >= 11 is 18.7. The Hall–Kier alpha value is -1.26. The van der Waals surface area contributed by atoms with Crippen LogP contribution in [0.4, 0.5) is 5.69 Å². The van der Waals surface area contributed by atoms with Crippen LogP contribution in [0.25, 0.3) is 0 Å². The van der Waals surface area contributed by atoms with Crippen molar-refractivity contribution in [3.05, 3.63) is 63.6 Å². The van der Waals surface area contributed by atoms with Crippen LogP contribution in [0.5, 0.6) is 0 Å². The molecule has 0 fully saturated rings. The molecule has 1 heterocycles. The number of alkyl halides is 1. The number of halogens is 3. The van der Waals surface area contributed by atoms with E-state index in [0.717, 1.165) is 16.8 Å². The highest BCUT2D eigenvalue weighted by Crippen LogP contribution is 2.42. The first-order valence-electron chi connectivity index (χ1n) is 8.99. The third-order valence-electron chi connectivity index (χ3n) is 4.51. The SMILES string of the molecule is CC(C)CN1C(=O)[C@@H](CCCl)O[C@H](c2ccccc2Cl)c2cc(Cl)ccc21. The van der Waals surface area contributed by atoms with Crippen molar-refractivity contribution in [1.82, 2.24) is 0 Å². The van der Waals surface area contributed by atoms with Crippen LogP contribution in [0.1, 0.15) is 37.5 Å². The maximum atomic E-state index is 13.3. The van der Waals surface area contributed by atoms with E-state index in [9.17, 15) is 4.79 Å². The highest BCUT2D eigenvalue weighted by molar-refractivity contribution is 6.31. The fraction of sp³-hybridized carbons (Fsp3) is 0.381. The van der Waals surface area contributed by atoms with Gasteiger partial charge in [0.15, 0.2) is 0 Å². The normalized spacial score (nSPS) is 19.9. The molecule has 0 bridgehead atoms. The maximum Gasteiger partial charge on any atom is 0.256 e. The quantitative estimate of drug-likeness (QED) is 0.541. The summed E-state index contributed by atoms with van der Waals surface area (Å²) in [5.74, 6) is 0.548. The number of fused-ring (bicyclic) bond motifs is 1. The fourth-order valence-corrected chi connectivity index (χ4v) is 3.96. The molecule has 0 spiro atoms. The van der Waals surface area contributed by atoms with Crippen molar-refractivity contribution in [3.8, 4) is 0 Å². The topological polar surface area (TPSA) is 29.5 Å². The number of hydrogen-bond donors (Lipinski definition) is 0. The first-order chi connectivity index (χ1) is 12.9. The number of anilines is 1. The Balaban J connectivity index is 2.19. The average Bonchev–Trinajstić information content (AvgIpc) is 2.73. The van der Waals surface area contributed by atoms with Gasteiger partial charge in [0.1, 0.15) is 12.2 Å². The smallest absolute Gasteiger partial charge is 0.256 e. The second-order valence-corrected chi connectivity index (χ2v) is 8.27. The molecule has 0 saturated carbocycles. The Kier molecular flexibility index (Phi) is 6.69. The van der Waals surface area contributed by atoms with Crippen molar-refractivity contribution >= 4 is 46.4 Å². The van der Waals surface area contributed by atoms with E-state index in [4.69, 9.17) is 39.5 Å². The molecule has 0 unspecified atom stereocenters. The minimum absolute atomic E-state index is 0.0810. The van der Waals surface area contributed by atoms with Crippen LogP contribution >= 0.6 is 34.8 Å². The highest BCUT2D eigenvalue weighted by Gasteiger charge is 2.37. The summed E-state index contributed by atoms with van der Waals surface area (Å²) < 4.78 is 6.31. The third-order valence-corrected chi connectivity index (χ3v) is 5.31. The standard InChI is InChI=1S/C21H22Cl3NO2/c1-13(2)12-25-18-8-7-14(23)11-16(18)20(15-5-3-4-6-17(15)24)27-19(9-10-22)21(25)26/h3-8,11,13,19-20H,9-10,12H2,1-2H3/t19-,20-/m1/s1. The van der Waals surface area contributed by atoms with E-state index in [1.165, 1.54) is 0 Å². The molecule has 0 aliphatic carbocycles. The van der Waals surface area contributed by atoms with Gasteiger partial charge in [-0.2, -0.15) is 0 Å². The lowest BCUT2D eigenvalue weighted by atomic mass is 9.99. The molecule has 144 valence electrons. The van der Waals surface area contributed by atoms with Crippen LogP contribution in [0.15, 0.2) is 42.5 Å². The molecule has 2 aromatic rings. The van der Waals surface area contributed by atoms with Crippen LogP contribution in [0.2, 0.25) is 10.0 Å². The van der Waals surface area contributed by atoms with Crippen LogP contribution in [-0.4, -0.2) is 24.4 Å². The molecule has 0 N–H and O–H groups in total. The molecule has 27 heavy (non-hydrogen) atoms. The minimum atomic E-state index is -0.645. The summed E-state index contributed by atoms with van der Waals surface area (Å²) in [6.07, 6.45) is -0.715. The third kappa shape index (κ3) is 4.43. The van der Waals surface area contributed by atoms with E-state index in [-0.39, 0.29) is 5.91 Å². The Labute approximate surface area is 175 Å². The Morgan fingerprint density at radius 2 is 1.85 bits per heavy atom. The van der Waals surface area contributed by atoms with Crippen LogP contribution < -0.4 is 4.90 Å². The molecule has 3 nitrogen and oxygen atoms in total. The Morgan fingerprint density at radius 1 is 1.11 bits per heavy atom. The number of hydrogen-bond acceptors (Lipinski definition) is 2. The molecule has 0 aromatic heterocycles. The largest absolute Gasteiger partial charge is 0.356 e. The molecule has 0 saturated heterocycles. The van der Waals surface area contributed by atoms with Crippen LogP contribution in [0.3, 0.4) is 0 Å². The van der Waals surface area contributed by atoms with Crippen molar-refractivity contribution in [2.24, 2.45) is 5.92 Å². The lowest BCUT2D eigenvalue weighted by Crippen LogP contribution is -2.41. The number of carbonyl (C=O) groups is 1.